The standard InChI is InChI=1S/C17H15NO3/c1-12(2)21-17(20)15-5-3-4-14(10-15)13-6-8-16(9-7-13)18-11-19/h3-10,12H,1-2H3. The Kier molecular flexibility index (Phi) is 4.64. The molecule has 0 fully saturated rings. The summed E-state index contributed by atoms with van der Waals surface area (Å²) in [6, 6.07) is 14.3. The van der Waals surface area contributed by atoms with Crippen LogP contribution in [-0.2, 0) is 9.53 Å². The molecule has 0 amide bonds. The Bertz CT molecular complexity index is 683. The second-order valence-corrected chi connectivity index (χ2v) is 4.78. The van der Waals surface area contributed by atoms with E-state index in [-0.39, 0.29) is 12.1 Å². The Hall–Kier alpha value is -2.71. The van der Waals surface area contributed by atoms with Crippen molar-refractivity contribution in [3.63, 3.8) is 0 Å². The van der Waals surface area contributed by atoms with Gasteiger partial charge in [0.25, 0.3) is 0 Å². The van der Waals surface area contributed by atoms with Gasteiger partial charge in [0.05, 0.1) is 17.4 Å². The van der Waals surface area contributed by atoms with Crippen molar-refractivity contribution < 1.29 is 14.3 Å². The molecule has 0 aliphatic carbocycles. The molecule has 0 atom stereocenters. The zero-order valence-corrected chi connectivity index (χ0v) is 11.9. The van der Waals surface area contributed by atoms with Crippen LogP contribution in [0.2, 0.25) is 0 Å². The van der Waals surface area contributed by atoms with E-state index < -0.39 is 0 Å². The average molecular weight is 281 g/mol. The molecule has 0 saturated heterocycles. The number of benzene rings is 2. The molecule has 0 radical (unpaired) electrons. The maximum absolute atomic E-state index is 11.9. The van der Waals surface area contributed by atoms with Crippen LogP contribution >= 0.6 is 0 Å². The second-order valence-electron chi connectivity index (χ2n) is 4.78. The number of hydrogen-bond acceptors (Lipinski definition) is 4. The van der Waals surface area contributed by atoms with Crippen LogP contribution in [0, 0.1) is 0 Å². The van der Waals surface area contributed by atoms with Gasteiger partial charge in [0.2, 0.25) is 6.08 Å². The highest BCUT2D eigenvalue weighted by Crippen LogP contribution is 2.23. The molecular weight excluding hydrogens is 266 g/mol. The van der Waals surface area contributed by atoms with Crippen molar-refractivity contribution in [2.24, 2.45) is 4.99 Å². The first-order chi connectivity index (χ1) is 10.1. The third kappa shape index (κ3) is 3.88. The fraction of sp³-hybridized carbons (Fsp3) is 0.176. The van der Waals surface area contributed by atoms with E-state index in [0.717, 1.165) is 11.1 Å². The minimum atomic E-state index is -0.339. The van der Waals surface area contributed by atoms with Gasteiger partial charge in [-0.05, 0) is 49.2 Å². The molecule has 0 spiro atoms. The fourth-order valence-electron chi connectivity index (χ4n) is 1.89. The second kappa shape index (κ2) is 6.64. The summed E-state index contributed by atoms with van der Waals surface area (Å²) in [5, 5.41) is 0. The summed E-state index contributed by atoms with van der Waals surface area (Å²) in [7, 11) is 0. The molecule has 4 heteroatoms. The highest BCUT2D eigenvalue weighted by atomic mass is 16.5. The highest BCUT2D eigenvalue weighted by molar-refractivity contribution is 5.91. The van der Waals surface area contributed by atoms with Gasteiger partial charge in [-0.15, -0.1) is 0 Å². The summed E-state index contributed by atoms with van der Waals surface area (Å²) in [6.07, 6.45) is 1.35. The Balaban J connectivity index is 2.28. The number of ether oxygens (including phenoxy) is 1. The van der Waals surface area contributed by atoms with Gasteiger partial charge >= 0.3 is 5.97 Å². The first-order valence-electron chi connectivity index (χ1n) is 6.59. The van der Waals surface area contributed by atoms with Gasteiger partial charge in [0, 0.05) is 0 Å². The molecule has 0 N–H and O–H groups in total. The normalized spacial score (nSPS) is 10.0. The van der Waals surface area contributed by atoms with E-state index in [0.29, 0.717) is 11.3 Å². The predicted molar refractivity (Wildman–Crippen MR) is 80.2 cm³/mol. The Morgan fingerprint density at radius 1 is 1.10 bits per heavy atom. The molecule has 0 aromatic heterocycles. The van der Waals surface area contributed by atoms with Crippen molar-refractivity contribution >= 4 is 17.7 Å². The lowest BCUT2D eigenvalue weighted by Crippen LogP contribution is -2.11. The lowest BCUT2D eigenvalue weighted by Gasteiger charge is -2.09. The topological polar surface area (TPSA) is 55.7 Å². The van der Waals surface area contributed by atoms with E-state index >= 15 is 0 Å². The molecule has 0 aliphatic rings. The number of rotatable bonds is 4. The molecular formula is C17H15NO3. The van der Waals surface area contributed by atoms with Crippen molar-refractivity contribution in [2.45, 2.75) is 20.0 Å². The zero-order chi connectivity index (χ0) is 15.2. The maximum atomic E-state index is 11.9. The van der Waals surface area contributed by atoms with Gasteiger partial charge in [-0.2, -0.15) is 4.99 Å². The van der Waals surface area contributed by atoms with Crippen LogP contribution in [0.3, 0.4) is 0 Å². The number of isocyanates is 1. The van der Waals surface area contributed by atoms with Crippen LogP contribution in [0.5, 0.6) is 0 Å². The van der Waals surface area contributed by atoms with Crippen LogP contribution in [0.1, 0.15) is 24.2 Å². The average Bonchev–Trinajstić information content (AvgIpc) is 2.48. The van der Waals surface area contributed by atoms with E-state index in [1.54, 1.807) is 24.3 Å². The molecule has 0 heterocycles. The van der Waals surface area contributed by atoms with Crippen LogP contribution in [0.4, 0.5) is 5.69 Å². The van der Waals surface area contributed by atoms with Crippen molar-refractivity contribution in [1.82, 2.24) is 0 Å². The summed E-state index contributed by atoms with van der Waals surface area (Å²) in [5.41, 5.74) is 2.88. The Morgan fingerprint density at radius 3 is 2.43 bits per heavy atom. The molecule has 0 bridgehead atoms. The van der Waals surface area contributed by atoms with E-state index in [9.17, 15) is 9.59 Å². The predicted octanol–water partition coefficient (Wildman–Crippen LogP) is 3.89. The van der Waals surface area contributed by atoms with Crippen molar-refractivity contribution in [2.75, 3.05) is 0 Å². The van der Waals surface area contributed by atoms with Crippen LogP contribution in [0.25, 0.3) is 11.1 Å². The minimum absolute atomic E-state index is 0.151. The van der Waals surface area contributed by atoms with Gasteiger partial charge in [0.15, 0.2) is 0 Å². The molecule has 0 aliphatic heterocycles. The highest BCUT2D eigenvalue weighted by Gasteiger charge is 2.10. The fourth-order valence-corrected chi connectivity index (χ4v) is 1.89. The van der Waals surface area contributed by atoms with Gasteiger partial charge in [-0.25, -0.2) is 9.59 Å². The minimum Gasteiger partial charge on any atom is -0.459 e. The van der Waals surface area contributed by atoms with Crippen molar-refractivity contribution in [3.05, 3.63) is 54.1 Å². The summed E-state index contributed by atoms with van der Waals surface area (Å²) in [6.45, 7) is 3.63. The van der Waals surface area contributed by atoms with Crippen molar-refractivity contribution in [3.8, 4) is 11.1 Å². The number of nitrogens with zero attached hydrogens (tertiary/aromatic N) is 1. The van der Waals surface area contributed by atoms with E-state index in [1.807, 2.05) is 38.1 Å². The lowest BCUT2D eigenvalue weighted by atomic mass is 10.0. The lowest BCUT2D eigenvalue weighted by molar-refractivity contribution is 0.0378. The van der Waals surface area contributed by atoms with Crippen LogP contribution in [-0.4, -0.2) is 18.2 Å². The molecule has 4 nitrogen and oxygen atoms in total. The smallest absolute Gasteiger partial charge is 0.338 e. The first kappa shape index (κ1) is 14.7. The molecule has 2 rings (SSSR count). The molecule has 106 valence electrons. The van der Waals surface area contributed by atoms with Gasteiger partial charge in [0.1, 0.15) is 0 Å². The summed E-state index contributed by atoms with van der Waals surface area (Å²) < 4.78 is 5.18. The van der Waals surface area contributed by atoms with E-state index in [4.69, 9.17) is 4.74 Å². The summed E-state index contributed by atoms with van der Waals surface area (Å²) in [5.74, 6) is -0.339. The number of hydrogen-bond donors (Lipinski definition) is 0. The summed E-state index contributed by atoms with van der Waals surface area (Å²) in [4.78, 5) is 25.6. The van der Waals surface area contributed by atoms with Gasteiger partial charge in [-0.1, -0.05) is 24.3 Å². The van der Waals surface area contributed by atoms with Crippen LogP contribution in [0.15, 0.2) is 53.5 Å². The van der Waals surface area contributed by atoms with Crippen molar-refractivity contribution in [1.29, 1.82) is 0 Å². The molecule has 2 aromatic rings. The quantitative estimate of drug-likeness (QED) is 0.485. The van der Waals surface area contributed by atoms with Gasteiger partial charge < -0.3 is 4.74 Å². The third-order valence-corrected chi connectivity index (χ3v) is 2.82. The monoisotopic (exact) mass is 281 g/mol. The maximum Gasteiger partial charge on any atom is 0.338 e. The first-order valence-corrected chi connectivity index (χ1v) is 6.59. The molecule has 0 unspecified atom stereocenters. The molecule has 0 saturated carbocycles. The molecule has 21 heavy (non-hydrogen) atoms. The Morgan fingerprint density at radius 2 is 1.81 bits per heavy atom. The number of carbonyl (C=O) groups excluding carboxylic acids is 2. The summed E-state index contributed by atoms with van der Waals surface area (Å²) >= 11 is 0. The van der Waals surface area contributed by atoms with Gasteiger partial charge in [-0.3, -0.25) is 0 Å². The third-order valence-electron chi connectivity index (χ3n) is 2.82. The van der Waals surface area contributed by atoms with E-state index in [2.05, 4.69) is 4.99 Å². The van der Waals surface area contributed by atoms with Crippen LogP contribution < -0.4 is 0 Å². The Labute approximate surface area is 123 Å². The number of esters is 1. The van der Waals surface area contributed by atoms with E-state index in [1.165, 1.54) is 6.08 Å². The number of aliphatic imine (C=N–C) groups is 1. The zero-order valence-electron chi connectivity index (χ0n) is 11.9. The SMILES string of the molecule is CC(C)OC(=O)c1cccc(-c2ccc(N=C=O)cc2)c1. The number of carbonyl (C=O) groups is 1. The largest absolute Gasteiger partial charge is 0.459 e. The molecule has 2 aromatic carbocycles.